The number of nitrogens with zero attached hydrogens (tertiary/aromatic N) is 1. The Morgan fingerprint density at radius 2 is 1.24 bits per heavy atom. The second-order valence-corrected chi connectivity index (χ2v) is 23.2. The third kappa shape index (κ3) is 5.75. The molecule has 350 valence electrons. The molecule has 0 radical (unpaired) electrons. The van der Waals surface area contributed by atoms with Gasteiger partial charge in [0, 0.05) is 66.1 Å². The van der Waals surface area contributed by atoms with E-state index in [-0.39, 0.29) is 28.3 Å². The van der Waals surface area contributed by atoms with Crippen molar-refractivity contribution >= 4 is 26.5 Å². The first-order valence-electron chi connectivity index (χ1n) is 24.0. The zero-order valence-corrected chi connectivity index (χ0v) is 38.3. The maximum Gasteiger partial charge on any atom is 0.534 e. The number of allylic oxidation sites excluding steroid dienone is 6. The maximum absolute atomic E-state index is 13.0. The van der Waals surface area contributed by atoms with Gasteiger partial charge in [0.15, 0.2) is 11.6 Å². The first-order chi connectivity index (χ1) is 31.5. The van der Waals surface area contributed by atoms with Gasteiger partial charge in [-0.15, -0.1) is 0 Å². The van der Waals surface area contributed by atoms with E-state index in [0.29, 0.717) is 58.0 Å². The van der Waals surface area contributed by atoms with Gasteiger partial charge in [0.05, 0.1) is 48.8 Å². The lowest BCUT2D eigenvalue weighted by atomic mass is 9.58. The topological polar surface area (TPSA) is 112 Å². The molecule has 6 aliphatic carbocycles. The second kappa shape index (κ2) is 13.8. The molecule has 1 aromatic carbocycles. The Kier molecular flexibility index (Phi) is 8.87. The summed E-state index contributed by atoms with van der Waals surface area (Å²) in [6.07, 6.45) is 28.7. The Morgan fingerprint density at radius 1 is 0.682 bits per heavy atom. The van der Waals surface area contributed by atoms with Crippen LogP contribution in [0.4, 0.5) is 13.2 Å². The van der Waals surface area contributed by atoms with Crippen LogP contribution in [0.5, 0.6) is 0 Å². The third-order valence-electron chi connectivity index (χ3n) is 18.5. The van der Waals surface area contributed by atoms with Crippen molar-refractivity contribution in [3.05, 3.63) is 107 Å². The number of rotatable bonds is 3. The summed E-state index contributed by atoms with van der Waals surface area (Å²) in [7, 11) is -5.73. The molecule has 7 heterocycles. The molecule has 2 saturated carbocycles. The summed E-state index contributed by atoms with van der Waals surface area (Å²) < 4.78 is 106. The molecule has 14 heteroatoms. The molecule has 8 atom stereocenters. The van der Waals surface area contributed by atoms with Crippen LogP contribution in [-0.2, 0) is 42.7 Å². The lowest BCUT2D eigenvalue weighted by molar-refractivity contribution is -0.226. The molecule has 12 aliphatic rings. The van der Waals surface area contributed by atoms with Crippen molar-refractivity contribution in [1.82, 2.24) is 4.98 Å². The smallest absolute Gasteiger partial charge is 0.380 e. The molecule has 10 nitrogen and oxygen atoms in total. The lowest BCUT2D eigenvalue weighted by Gasteiger charge is -2.54. The monoisotopic (exact) mass is 927 g/mol. The van der Waals surface area contributed by atoms with Crippen molar-refractivity contribution in [2.75, 3.05) is 26.4 Å². The minimum Gasteiger partial charge on any atom is -0.380 e. The molecule has 66 heavy (non-hydrogen) atoms. The molecule has 6 aliphatic heterocycles. The van der Waals surface area contributed by atoms with E-state index >= 15 is 0 Å². The molecule has 2 unspecified atom stereocenters. The minimum atomic E-state index is -5.73. The number of hydrogen-bond donors (Lipinski definition) is 0. The Morgan fingerprint density at radius 3 is 1.83 bits per heavy atom. The van der Waals surface area contributed by atoms with Crippen molar-refractivity contribution in [2.45, 2.75) is 143 Å². The van der Waals surface area contributed by atoms with E-state index in [9.17, 15) is 21.6 Å². The van der Waals surface area contributed by atoms with Gasteiger partial charge in [0.1, 0.15) is 5.76 Å². The summed E-state index contributed by atoms with van der Waals surface area (Å²) in [4.78, 5) is 4.36. The number of pyridine rings is 1. The highest BCUT2D eigenvalue weighted by molar-refractivity contribution is 7.87. The zero-order valence-electron chi connectivity index (χ0n) is 37.5. The van der Waals surface area contributed by atoms with Crippen molar-refractivity contribution in [2.24, 2.45) is 22.7 Å². The first kappa shape index (κ1) is 42.5. The second-order valence-electron chi connectivity index (χ2n) is 21.6. The number of fused-ring (bicyclic) bond motifs is 3. The SMILES string of the molecule is C[C@]12CC=C3C=C4CCC5(CC46CC[C@]3(O6)[C@@H]1CC=C2OS(=O)(=O)C(F)(F)F)OCCO5.C[C@]12CC=C3C=C4CCC5(CC46CC[C@]3(O6)[C@@H]1CC=C2c1ccc2ccncc2c1)OCCO5. The number of ether oxygens (including phenoxy) is 6. The fraction of sp³-hybridized carbons (Fsp3) is 0.596. The molecular formula is C52H56F3NO9S. The van der Waals surface area contributed by atoms with Crippen LogP contribution in [-0.4, -0.2) is 79.3 Å². The summed E-state index contributed by atoms with van der Waals surface area (Å²) >= 11 is 0. The van der Waals surface area contributed by atoms with E-state index < -0.39 is 43.8 Å². The predicted octanol–water partition coefficient (Wildman–Crippen LogP) is 10.4. The number of hydrogen-bond acceptors (Lipinski definition) is 10. The van der Waals surface area contributed by atoms with Gasteiger partial charge in [-0.1, -0.05) is 56.4 Å². The number of aromatic nitrogens is 1. The number of benzene rings is 1. The van der Waals surface area contributed by atoms with Crippen LogP contribution in [0.3, 0.4) is 0 Å². The van der Waals surface area contributed by atoms with Crippen molar-refractivity contribution in [1.29, 1.82) is 0 Å². The number of halogens is 3. The molecule has 0 amide bonds. The van der Waals surface area contributed by atoms with Gasteiger partial charge in [-0.3, -0.25) is 4.98 Å². The van der Waals surface area contributed by atoms with Crippen LogP contribution in [0.25, 0.3) is 16.3 Å². The van der Waals surface area contributed by atoms with Gasteiger partial charge in [-0.2, -0.15) is 21.6 Å². The Bertz CT molecular complexity index is 2760. The lowest BCUT2D eigenvalue weighted by Crippen LogP contribution is -2.56. The van der Waals surface area contributed by atoms with Crippen LogP contribution in [0.2, 0.25) is 0 Å². The van der Waals surface area contributed by atoms with Gasteiger partial charge >= 0.3 is 15.6 Å². The van der Waals surface area contributed by atoms with Crippen molar-refractivity contribution < 1.29 is 54.2 Å². The van der Waals surface area contributed by atoms with Gasteiger partial charge in [-0.05, 0) is 121 Å². The highest BCUT2D eigenvalue weighted by Gasteiger charge is 2.70. The predicted molar refractivity (Wildman–Crippen MR) is 236 cm³/mol. The minimum absolute atomic E-state index is 0.0724. The van der Waals surface area contributed by atoms with Crippen LogP contribution < -0.4 is 0 Å². The van der Waals surface area contributed by atoms with Gasteiger partial charge in [0.25, 0.3) is 0 Å². The molecule has 2 aromatic rings. The summed E-state index contributed by atoms with van der Waals surface area (Å²) in [6, 6.07) is 8.96. The standard InChI is InChI=1S/C30H31NO3.C22H25F3O6S/c1-27-9-6-24-17-23-7-10-29(32-14-15-33-29)19-28(23)11-12-30(24,34-28)26(27)5-4-25(27)21-3-2-20-8-13-31-18-22(20)16-21;1-18-6-4-15-12-14-5-7-20(28-10-11-29-20)13-19(14)8-9-21(15,31-19)16(18)2-3-17(18)30-32(26,27)22(23,24)25/h2-4,6,8,13,16-18,26H,5,7,9-12,14-15,19H2,1H3;3-4,12,16H,2,5-11,13H2,1H3/t26-,27-,28?,30-;16-,18+,19?,21-/m11/s1. The van der Waals surface area contributed by atoms with Gasteiger partial charge in [0.2, 0.25) is 0 Å². The molecule has 0 N–H and O–H groups in total. The van der Waals surface area contributed by atoms with E-state index in [1.807, 2.05) is 18.5 Å². The average Bonchev–Trinajstić information content (AvgIpc) is 4.16. The average molecular weight is 928 g/mol. The molecule has 14 rings (SSSR count). The van der Waals surface area contributed by atoms with E-state index in [4.69, 9.17) is 28.4 Å². The van der Waals surface area contributed by atoms with E-state index in [1.165, 1.54) is 44.7 Å². The zero-order chi connectivity index (χ0) is 45.2. The van der Waals surface area contributed by atoms with E-state index in [2.05, 4.69) is 64.7 Å². The maximum atomic E-state index is 13.0. The highest BCUT2D eigenvalue weighted by Crippen LogP contribution is 2.70. The fourth-order valence-corrected chi connectivity index (χ4v) is 16.0. The third-order valence-corrected chi connectivity index (χ3v) is 19.5. The highest BCUT2D eigenvalue weighted by atomic mass is 32.2. The van der Waals surface area contributed by atoms with Crippen LogP contribution >= 0.6 is 0 Å². The van der Waals surface area contributed by atoms with E-state index in [0.717, 1.165) is 69.8 Å². The van der Waals surface area contributed by atoms with Gasteiger partial charge in [-0.25, -0.2) is 0 Å². The first-order valence-corrected chi connectivity index (χ1v) is 25.4. The summed E-state index contributed by atoms with van der Waals surface area (Å²) in [5.74, 6) is -0.953. The Labute approximate surface area is 383 Å². The molecule has 1 aromatic heterocycles. The van der Waals surface area contributed by atoms with E-state index in [1.54, 1.807) is 6.92 Å². The van der Waals surface area contributed by atoms with Gasteiger partial charge < -0.3 is 32.6 Å². The van der Waals surface area contributed by atoms with Crippen molar-refractivity contribution in [3.8, 4) is 0 Å². The molecular weight excluding hydrogens is 872 g/mol. The molecule has 4 bridgehead atoms. The summed E-state index contributed by atoms with van der Waals surface area (Å²) in [5, 5.41) is 2.46. The normalized spacial score (nSPS) is 40.6. The molecule has 6 fully saturated rings. The summed E-state index contributed by atoms with van der Waals surface area (Å²) in [5.41, 5.74) is 0.133. The van der Waals surface area contributed by atoms with Crippen molar-refractivity contribution in [3.63, 3.8) is 0 Å². The quantitative estimate of drug-likeness (QED) is 0.218. The number of alkyl halides is 3. The fourth-order valence-electron chi connectivity index (χ4n) is 15.4. The largest absolute Gasteiger partial charge is 0.534 e. The van der Waals surface area contributed by atoms with Crippen LogP contribution in [0, 0.1) is 22.7 Å². The molecule has 6 spiro atoms. The van der Waals surface area contributed by atoms with Crippen LogP contribution in [0.15, 0.2) is 101 Å². The Balaban J connectivity index is 0.000000132. The molecule has 4 saturated heterocycles. The van der Waals surface area contributed by atoms with Crippen LogP contribution in [0.1, 0.15) is 109 Å². The summed E-state index contributed by atoms with van der Waals surface area (Å²) in [6.45, 7) is 6.80. The Hall–Kier alpha value is -3.63.